The number of hydrogen-bond donors (Lipinski definition) is 1. The van der Waals surface area contributed by atoms with Crippen molar-refractivity contribution in [2.45, 2.75) is 31.9 Å². The van der Waals surface area contributed by atoms with Crippen LogP contribution in [0.5, 0.6) is 5.75 Å². The van der Waals surface area contributed by atoms with E-state index in [4.69, 9.17) is 9.47 Å². The first-order valence-corrected chi connectivity index (χ1v) is 8.79. The third-order valence-electron chi connectivity index (χ3n) is 3.89. The molecule has 0 unspecified atom stereocenters. The third kappa shape index (κ3) is 4.33. The van der Waals surface area contributed by atoms with E-state index in [2.05, 4.69) is 5.32 Å². The molecule has 23 heavy (non-hydrogen) atoms. The van der Waals surface area contributed by atoms with Crippen LogP contribution in [0.2, 0.25) is 0 Å². The molecule has 0 radical (unpaired) electrons. The minimum absolute atomic E-state index is 0.0120. The normalized spacial score (nSPS) is 18.6. The molecule has 5 heteroatoms. The lowest BCUT2D eigenvalue weighted by Crippen LogP contribution is -2.26. The van der Waals surface area contributed by atoms with Gasteiger partial charge >= 0.3 is 0 Å². The summed E-state index contributed by atoms with van der Waals surface area (Å²) >= 11 is 1.64. The minimum atomic E-state index is -0.0726. The summed E-state index contributed by atoms with van der Waals surface area (Å²) in [5, 5.41) is 5.02. The van der Waals surface area contributed by atoms with E-state index >= 15 is 0 Å². The second-order valence-electron chi connectivity index (χ2n) is 5.68. The van der Waals surface area contributed by atoms with Gasteiger partial charge in [-0.2, -0.15) is 0 Å². The zero-order valence-corrected chi connectivity index (χ0v) is 14.0. The van der Waals surface area contributed by atoms with E-state index in [0.717, 1.165) is 30.1 Å². The van der Waals surface area contributed by atoms with Crippen LogP contribution >= 0.6 is 11.3 Å². The Morgan fingerprint density at radius 1 is 1.39 bits per heavy atom. The van der Waals surface area contributed by atoms with Gasteiger partial charge in [-0.15, -0.1) is 11.3 Å². The molecule has 4 nitrogen and oxygen atoms in total. The Morgan fingerprint density at radius 2 is 2.22 bits per heavy atom. The van der Waals surface area contributed by atoms with Crippen molar-refractivity contribution in [3.8, 4) is 5.75 Å². The van der Waals surface area contributed by atoms with Gasteiger partial charge in [-0.05, 0) is 55.5 Å². The van der Waals surface area contributed by atoms with Gasteiger partial charge in [-0.1, -0.05) is 6.07 Å². The number of rotatable bonds is 6. The van der Waals surface area contributed by atoms with Crippen molar-refractivity contribution in [1.82, 2.24) is 5.32 Å². The molecule has 2 heterocycles. The standard InChI is InChI=1S/C18H21NO3S/c1-13(17-5-3-11-23-17)19-18(20)14-6-8-15(9-7-14)22-12-16-4-2-10-21-16/h3,5-9,11,13,16H,2,4,10,12H2,1H3,(H,19,20)/t13-,16+/m1/s1. The largest absolute Gasteiger partial charge is 0.491 e. The van der Waals surface area contributed by atoms with Gasteiger partial charge in [-0.25, -0.2) is 0 Å². The highest BCUT2D eigenvalue weighted by Gasteiger charge is 2.16. The topological polar surface area (TPSA) is 47.6 Å². The molecule has 1 aliphatic rings. The first kappa shape index (κ1) is 16.0. The summed E-state index contributed by atoms with van der Waals surface area (Å²) in [6, 6.07) is 11.3. The van der Waals surface area contributed by atoms with Crippen LogP contribution in [0.1, 0.15) is 41.0 Å². The fraction of sp³-hybridized carbons (Fsp3) is 0.389. The number of carbonyl (C=O) groups is 1. The van der Waals surface area contributed by atoms with Crippen LogP contribution in [0.15, 0.2) is 41.8 Å². The molecule has 0 bridgehead atoms. The van der Waals surface area contributed by atoms with Crippen LogP contribution in [0.3, 0.4) is 0 Å². The lowest BCUT2D eigenvalue weighted by Gasteiger charge is -2.13. The Kier molecular flexibility index (Phi) is 5.31. The van der Waals surface area contributed by atoms with E-state index in [1.54, 1.807) is 23.5 Å². The Labute approximate surface area is 140 Å². The Morgan fingerprint density at radius 3 is 2.87 bits per heavy atom. The molecule has 2 aromatic rings. The quantitative estimate of drug-likeness (QED) is 0.876. The zero-order chi connectivity index (χ0) is 16.1. The van der Waals surface area contributed by atoms with Gasteiger partial charge in [0.25, 0.3) is 5.91 Å². The van der Waals surface area contributed by atoms with Crippen LogP contribution in [-0.4, -0.2) is 25.2 Å². The second kappa shape index (κ2) is 7.62. The lowest BCUT2D eigenvalue weighted by atomic mass is 10.2. The van der Waals surface area contributed by atoms with Crippen molar-refractivity contribution < 1.29 is 14.3 Å². The summed E-state index contributed by atoms with van der Waals surface area (Å²) < 4.78 is 11.2. The maximum atomic E-state index is 12.3. The van der Waals surface area contributed by atoms with E-state index < -0.39 is 0 Å². The summed E-state index contributed by atoms with van der Waals surface area (Å²) in [5.74, 6) is 0.694. The second-order valence-corrected chi connectivity index (χ2v) is 6.66. The molecular weight excluding hydrogens is 310 g/mol. The molecule has 0 aliphatic carbocycles. The van der Waals surface area contributed by atoms with Crippen LogP contribution in [-0.2, 0) is 4.74 Å². The minimum Gasteiger partial charge on any atom is -0.491 e. The van der Waals surface area contributed by atoms with E-state index in [1.165, 1.54) is 0 Å². The SMILES string of the molecule is C[C@@H](NC(=O)c1ccc(OC[C@@H]2CCCO2)cc1)c1cccs1. The smallest absolute Gasteiger partial charge is 0.251 e. The van der Waals surface area contributed by atoms with E-state index in [9.17, 15) is 4.79 Å². The Hall–Kier alpha value is -1.85. The average Bonchev–Trinajstić information content (AvgIpc) is 3.26. The number of ether oxygens (including phenoxy) is 2. The Balaban J connectivity index is 1.52. The van der Waals surface area contributed by atoms with Gasteiger partial charge in [-0.3, -0.25) is 4.79 Å². The van der Waals surface area contributed by atoms with Crippen molar-refractivity contribution in [1.29, 1.82) is 0 Å². The summed E-state index contributed by atoms with van der Waals surface area (Å²) in [5.41, 5.74) is 0.637. The highest BCUT2D eigenvalue weighted by Crippen LogP contribution is 2.20. The third-order valence-corrected chi connectivity index (χ3v) is 4.95. The highest BCUT2D eigenvalue weighted by molar-refractivity contribution is 7.10. The fourth-order valence-corrected chi connectivity index (χ4v) is 3.29. The molecule has 0 spiro atoms. The molecule has 2 atom stereocenters. The van der Waals surface area contributed by atoms with Gasteiger partial charge in [0, 0.05) is 17.0 Å². The molecule has 122 valence electrons. The number of nitrogens with one attached hydrogen (secondary N) is 1. The maximum absolute atomic E-state index is 12.3. The molecule has 1 aliphatic heterocycles. The number of amides is 1. The predicted molar refractivity (Wildman–Crippen MR) is 91.1 cm³/mol. The summed E-state index contributed by atoms with van der Waals surface area (Å²) in [4.78, 5) is 13.4. The molecule has 1 amide bonds. The van der Waals surface area contributed by atoms with Crippen LogP contribution in [0.4, 0.5) is 0 Å². The molecule has 0 saturated carbocycles. The predicted octanol–water partition coefficient (Wildman–Crippen LogP) is 3.80. The number of hydrogen-bond acceptors (Lipinski definition) is 4. The van der Waals surface area contributed by atoms with Crippen LogP contribution in [0.25, 0.3) is 0 Å². The van der Waals surface area contributed by atoms with Gasteiger partial charge in [0.2, 0.25) is 0 Å². The molecule has 1 saturated heterocycles. The van der Waals surface area contributed by atoms with Gasteiger partial charge in [0.15, 0.2) is 0 Å². The number of carbonyl (C=O) groups excluding carboxylic acids is 1. The summed E-state index contributed by atoms with van der Waals surface area (Å²) in [7, 11) is 0. The molecule has 1 fully saturated rings. The molecule has 1 aromatic carbocycles. The van der Waals surface area contributed by atoms with Gasteiger partial charge < -0.3 is 14.8 Å². The van der Waals surface area contributed by atoms with Crippen molar-refractivity contribution in [3.63, 3.8) is 0 Å². The molecule has 1 N–H and O–H groups in total. The molecule has 1 aromatic heterocycles. The van der Waals surface area contributed by atoms with Gasteiger partial charge in [0.05, 0.1) is 12.1 Å². The van der Waals surface area contributed by atoms with E-state index in [0.29, 0.717) is 12.2 Å². The van der Waals surface area contributed by atoms with Crippen molar-refractivity contribution in [3.05, 3.63) is 52.2 Å². The van der Waals surface area contributed by atoms with E-state index in [1.807, 2.05) is 36.6 Å². The summed E-state index contributed by atoms with van der Waals surface area (Å²) in [6.07, 6.45) is 2.36. The van der Waals surface area contributed by atoms with Crippen LogP contribution in [0, 0.1) is 0 Å². The van der Waals surface area contributed by atoms with Gasteiger partial charge in [0.1, 0.15) is 12.4 Å². The van der Waals surface area contributed by atoms with Crippen molar-refractivity contribution >= 4 is 17.2 Å². The lowest BCUT2D eigenvalue weighted by molar-refractivity contribution is 0.0679. The van der Waals surface area contributed by atoms with Crippen molar-refractivity contribution in [2.75, 3.05) is 13.2 Å². The monoisotopic (exact) mass is 331 g/mol. The van der Waals surface area contributed by atoms with Crippen molar-refractivity contribution in [2.24, 2.45) is 0 Å². The molecule has 3 rings (SSSR count). The number of benzene rings is 1. The highest BCUT2D eigenvalue weighted by atomic mass is 32.1. The number of thiophene rings is 1. The summed E-state index contributed by atoms with van der Waals surface area (Å²) in [6.45, 7) is 3.39. The Bertz CT molecular complexity index is 618. The molecular formula is C18H21NO3S. The van der Waals surface area contributed by atoms with E-state index in [-0.39, 0.29) is 18.1 Å². The first-order chi connectivity index (χ1) is 11.2. The average molecular weight is 331 g/mol. The first-order valence-electron chi connectivity index (χ1n) is 7.91. The maximum Gasteiger partial charge on any atom is 0.251 e. The van der Waals surface area contributed by atoms with Crippen LogP contribution < -0.4 is 10.1 Å². The fourth-order valence-electron chi connectivity index (χ4n) is 2.56. The zero-order valence-electron chi connectivity index (χ0n) is 13.2.